The molecule has 0 spiro atoms. The van der Waals surface area contributed by atoms with Gasteiger partial charge in [0, 0.05) is 13.0 Å². The van der Waals surface area contributed by atoms with Crippen molar-refractivity contribution >= 4 is 11.9 Å². The molecule has 0 radical (unpaired) electrons. The molecule has 6 nitrogen and oxygen atoms in total. The number of aliphatic hydroxyl groups is 1. The Kier molecular flexibility index (Phi) is 2.70. The second kappa shape index (κ2) is 4.00. The average molecular weight is 212 g/mol. The Labute approximate surface area is 86.5 Å². The van der Waals surface area contributed by atoms with Crippen molar-refractivity contribution < 1.29 is 19.4 Å². The van der Waals surface area contributed by atoms with Crippen LogP contribution in [-0.4, -0.2) is 47.4 Å². The predicted molar refractivity (Wildman–Crippen MR) is 49.7 cm³/mol. The Morgan fingerprint density at radius 3 is 2.93 bits per heavy atom. The van der Waals surface area contributed by atoms with Crippen LogP contribution < -0.4 is 5.32 Å². The number of urea groups is 1. The van der Waals surface area contributed by atoms with E-state index in [4.69, 9.17) is 9.84 Å². The molecule has 2 aliphatic heterocycles. The molecule has 1 saturated heterocycles. The zero-order valence-corrected chi connectivity index (χ0v) is 8.05. The van der Waals surface area contributed by atoms with E-state index in [2.05, 4.69) is 5.32 Å². The van der Waals surface area contributed by atoms with Crippen LogP contribution in [0.1, 0.15) is 6.42 Å². The third-order valence-electron chi connectivity index (χ3n) is 2.38. The van der Waals surface area contributed by atoms with Crippen LogP contribution in [0.3, 0.4) is 0 Å². The molecule has 3 amide bonds. The van der Waals surface area contributed by atoms with Gasteiger partial charge >= 0.3 is 6.03 Å². The van der Waals surface area contributed by atoms with Crippen molar-refractivity contribution in [2.45, 2.75) is 18.8 Å². The smallest absolute Gasteiger partial charge is 0.326 e. The Morgan fingerprint density at radius 2 is 2.33 bits per heavy atom. The predicted octanol–water partition coefficient (Wildman–Crippen LogP) is -0.798. The van der Waals surface area contributed by atoms with E-state index in [1.165, 1.54) is 4.90 Å². The third-order valence-corrected chi connectivity index (χ3v) is 2.38. The number of ether oxygens (including phenoxy) is 1. The number of nitrogens with zero attached hydrogens (tertiary/aromatic N) is 1. The second-order valence-corrected chi connectivity index (χ2v) is 3.43. The summed E-state index contributed by atoms with van der Waals surface area (Å²) in [6.07, 6.45) is 2.85. The van der Waals surface area contributed by atoms with Crippen molar-refractivity contribution in [2.75, 3.05) is 13.2 Å². The summed E-state index contributed by atoms with van der Waals surface area (Å²) >= 11 is 0. The number of nitrogens with one attached hydrogen (secondary N) is 1. The van der Waals surface area contributed by atoms with E-state index in [1.54, 1.807) is 12.2 Å². The number of hydrogen-bond donors (Lipinski definition) is 2. The van der Waals surface area contributed by atoms with Gasteiger partial charge in [0.25, 0.3) is 0 Å². The number of hydrogen-bond acceptors (Lipinski definition) is 4. The maximum Gasteiger partial charge on any atom is 0.326 e. The van der Waals surface area contributed by atoms with Gasteiger partial charge in [0.2, 0.25) is 5.91 Å². The highest BCUT2D eigenvalue weighted by Gasteiger charge is 2.32. The molecule has 0 aromatic carbocycles. The first-order chi connectivity index (χ1) is 7.20. The first kappa shape index (κ1) is 10.1. The molecule has 2 heterocycles. The molecule has 6 heteroatoms. The van der Waals surface area contributed by atoms with Gasteiger partial charge in [-0.1, -0.05) is 6.08 Å². The lowest BCUT2D eigenvalue weighted by Gasteiger charge is -2.31. The van der Waals surface area contributed by atoms with Gasteiger partial charge < -0.3 is 9.84 Å². The van der Waals surface area contributed by atoms with Crippen LogP contribution >= 0.6 is 0 Å². The molecule has 0 unspecified atom stereocenters. The lowest BCUT2D eigenvalue weighted by atomic mass is 10.3. The molecule has 0 bridgehead atoms. The molecular weight excluding hydrogens is 200 g/mol. The summed E-state index contributed by atoms with van der Waals surface area (Å²) in [6, 6.07) is -0.445. The zero-order valence-electron chi connectivity index (χ0n) is 8.05. The highest BCUT2D eigenvalue weighted by Crippen LogP contribution is 2.17. The Bertz CT molecular complexity index is 315. The number of rotatable bonds is 2. The number of imide groups is 1. The molecule has 2 N–H and O–H groups in total. The van der Waals surface area contributed by atoms with Crippen LogP contribution in [0.2, 0.25) is 0 Å². The minimum Gasteiger partial charge on any atom is -0.393 e. The standard InChI is InChI=1S/C9H12N2O4/c12-5-6-1-2-8(15-6)11-4-3-7(13)10-9(11)14/h1-2,6,8,12H,3-5H2,(H,10,13,14)/t6-,8+/m0/s1. The minimum absolute atomic E-state index is 0.110. The van der Waals surface area contributed by atoms with E-state index in [9.17, 15) is 9.59 Å². The highest BCUT2D eigenvalue weighted by molar-refractivity contribution is 5.96. The van der Waals surface area contributed by atoms with Crippen molar-refractivity contribution in [3.63, 3.8) is 0 Å². The van der Waals surface area contributed by atoms with Crippen LogP contribution in [0.25, 0.3) is 0 Å². The van der Waals surface area contributed by atoms with Crippen LogP contribution in [0.5, 0.6) is 0 Å². The normalized spacial score (nSPS) is 30.9. The van der Waals surface area contributed by atoms with Gasteiger partial charge in [0.1, 0.15) is 6.10 Å². The minimum atomic E-state index is -0.477. The highest BCUT2D eigenvalue weighted by atomic mass is 16.5. The van der Waals surface area contributed by atoms with Crippen molar-refractivity contribution in [3.8, 4) is 0 Å². The second-order valence-electron chi connectivity index (χ2n) is 3.43. The van der Waals surface area contributed by atoms with Crippen molar-refractivity contribution in [3.05, 3.63) is 12.2 Å². The Hall–Kier alpha value is -1.40. The summed E-state index contributed by atoms with van der Waals surface area (Å²) in [5.74, 6) is -0.267. The third kappa shape index (κ3) is 2.00. The number of aliphatic hydroxyl groups excluding tert-OH is 1. The van der Waals surface area contributed by atoms with Crippen LogP contribution in [0.15, 0.2) is 12.2 Å². The van der Waals surface area contributed by atoms with Gasteiger partial charge in [0.05, 0.1) is 6.61 Å². The molecule has 2 rings (SSSR count). The first-order valence-corrected chi connectivity index (χ1v) is 4.76. The van der Waals surface area contributed by atoms with Crippen molar-refractivity contribution in [1.29, 1.82) is 0 Å². The topological polar surface area (TPSA) is 78.9 Å². The van der Waals surface area contributed by atoms with E-state index in [0.29, 0.717) is 6.54 Å². The van der Waals surface area contributed by atoms with E-state index >= 15 is 0 Å². The summed E-state index contributed by atoms with van der Waals surface area (Å²) in [5, 5.41) is 11.1. The lowest BCUT2D eigenvalue weighted by molar-refractivity contribution is -0.123. The van der Waals surface area contributed by atoms with Crippen molar-refractivity contribution in [2.24, 2.45) is 0 Å². The largest absolute Gasteiger partial charge is 0.393 e. The van der Waals surface area contributed by atoms with E-state index in [-0.39, 0.29) is 25.0 Å². The fourth-order valence-corrected chi connectivity index (χ4v) is 1.59. The van der Waals surface area contributed by atoms with Gasteiger partial charge in [-0.25, -0.2) is 4.79 Å². The quantitative estimate of drug-likeness (QED) is 0.587. The first-order valence-electron chi connectivity index (χ1n) is 4.76. The summed E-state index contributed by atoms with van der Waals surface area (Å²) in [4.78, 5) is 23.7. The molecular formula is C9H12N2O4. The molecule has 0 aromatic rings. The molecule has 82 valence electrons. The molecule has 0 aliphatic carbocycles. The van der Waals surface area contributed by atoms with Crippen LogP contribution in [-0.2, 0) is 9.53 Å². The summed E-state index contributed by atoms with van der Waals surface area (Å²) in [6.45, 7) is 0.235. The average Bonchev–Trinajstić information content (AvgIpc) is 2.66. The molecule has 0 aromatic heterocycles. The summed E-state index contributed by atoms with van der Waals surface area (Å²) in [7, 11) is 0. The number of carbonyl (C=O) groups excluding carboxylic acids is 2. The maximum atomic E-state index is 11.4. The molecule has 15 heavy (non-hydrogen) atoms. The van der Waals surface area contributed by atoms with Crippen LogP contribution in [0.4, 0.5) is 4.79 Å². The SMILES string of the molecule is O=C1CCN([C@H]2C=C[C@@H](CO)O2)C(=O)N1. The van der Waals surface area contributed by atoms with E-state index in [1.807, 2.05) is 0 Å². The molecule has 2 aliphatic rings. The van der Waals surface area contributed by atoms with E-state index in [0.717, 1.165) is 0 Å². The number of carbonyl (C=O) groups is 2. The zero-order chi connectivity index (χ0) is 10.8. The Morgan fingerprint density at radius 1 is 1.53 bits per heavy atom. The molecule has 0 saturated carbocycles. The van der Waals surface area contributed by atoms with Gasteiger partial charge in [-0.3, -0.25) is 15.0 Å². The molecule has 1 fully saturated rings. The van der Waals surface area contributed by atoms with Gasteiger partial charge in [0.15, 0.2) is 6.23 Å². The summed E-state index contributed by atoms with van der Waals surface area (Å²) in [5.41, 5.74) is 0. The maximum absolute atomic E-state index is 11.4. The van der Waals surface area contributed by atoms with Gasteiger partial charge in [-0.15, -0.1) is 0 Å². The fraction of sp³-hybridized carbons (Fsp3) is 0.556. The van der Waals surface area contributed by atoms with Gasteiger partial charge in [-0.05, 0) is 6.08 Å². The fourth-order valence-electron chi connectivity index (χ4n) is 1.59. The monoisotopic (exact) mass is 212 g/mol. The lowest BCUT2D eigenvalue weighted by Crippen LogP contribution is -2.53. The molecule has 2 atom stereocenters. The number of amides is 3. The summed E-state index contributed by atoms with van der Waals surface area (Å²) < 4.78 is 5.35. The van der Waals surface area contributed by atoms with Gasteiger partial charge in [-0.2, -0.15) is 0 Å². The van der Waals surface area contributed by atoms with Crippen LogP contribution in [0, 0.1) is 0 Å². The Balaban J connectivity index is 1.98. The van der Waals surface area contributed by atoms with Crippen molar-refractivity contribution in [1.82, 2.24) is 10.2 Å². The van der Waals surface area contributed by atoms with E-state index < -0.39 is 12.3 Å².